The summed E-state index contributed by atoms with van der Waals surface area (Å²) in [4.78, 5) is 0. The lowest BCUT2D eigenvalue weighted by Crippen LogP contribution is -2.07. The zero-order chi connectivity index (χ0) is 9.40. The molecule has 0 heterocycles. The van der Waals surface area contributed by atoms with Gasteiger partial charge in [-0.1, -0.05) is 35.9 Å². The Morgan fingerprint density at radius 1 is 1.08 bits per heavy atom. The first-order chi connectivity index (χ1) is 5.66. The van der Waals surface area contributed by atoms with Gasteiger partial charge in [0.15, 0.2) is 0 Å². The fourth-order valence-corrected chi connectivity index (χ4v) is 1.19. The first kappa shape index (κ1) is 11.4. The maximum atomic E-state index is 7.17. The van der Waals surface area contributed by atoms with Crippen molar-refractivity contribution >= 4 is 17.6 Å². The fourth-order valence-electron chi connectivity index (χ4n) is 0.714. The van der Waals surface area contributed by atoms with Gasteiger partial charge in [-0.05, 0) is 6.04 Å². The molecule has 66 valence electrons. The van der Waals surface area contributed by atoms with Crippen LogP contribution >= 0.6 is 0 Å². The predicted octanol–water partition coefficient (Wildman–Crippen LogP) is -1.50. The summed E-state index contributed by atoms with van der Waals surface area (Å²) in [6.45, 7) is 0. The summed E-state index contributed by atoms with van der Waals surface area (Å²) < 4.78 is 0. The van der Waals surface area contributed by atoms with Crippen LogP contribution in [0.1, 0.15) is 5.56 Å². The van der Waals surface area contributed by atoms with Crippen LogP contribution in [0.2, 0.25) is 0 Å². The van der Waals surface area contributed by atoms with Crippen LogP contribution in [0.3, 0.4) is 0 Å². The van der Waals surface area contributed by atoms with Crippen LogP contribution < -0.4 is 0 Å². The fraction of sp³-hybridized carbons (Fsp3) is 0.143. The first-order valence-corrected chi connectivity index (χ1v) is 5.16. The molecule has 1 rings (SSSR count). The molecule has 0 saturated heterocycles. The third-order valence-electron chi connectivity index (χ3n) is 1.25. The number of rotatable bonds is 1. The highest BCUT2D eigenvalue weighted by molar-refractivity contribution is 6.30. The molecule has 0 unspecified atom stereocenters. The zero-order valence-corrected chi connectivity index (χ0v) is 9.01. The highest BCUT2D eigenvalue weighted by atomic mass is 28.1. The zero-order valence-electron chi connectivity index (χ0n) is 7.01. The van der Waals surface area contributed by atoms with Crippen LogP contribution in [0.4, 0.5) is 0 Å². The molecule has 1 aromatic carbocycles. The minimum absolute atomic E-state index is 1.28. The molecule has 0 aliphatic carbocycles. The van der Waals surface area contributed by atoms with Crippen LogP contribution in [-0.2, 0) is 6.04 Å². The Morgan fingerprint density at radius 3 is 1.75 bits per heavy atom. The lowest BCUT2D eigenvalue weighted by Gasteiger charge is -1.89. The van der Waals surface area contributed by atoms with E-state index in [2.05, 4.69) is 30.3 Å². The van der Waals surface area contributed by atoms with E-state index in [9.17, 15) is 0 Å². The topological polar surface area (TPSA) is 60.7 Å². The summed E-state index contributed by atoms with van der Waals surface area (Å²) >= 11 is 0. The lowest BCUT2D eigenvalue weighted by atomic mass is 10.2. The first-order valence-electron chi connectivity index (χ1n) is 3.75. The average Bonchev–Trinajstić information content (AvgIpc) is 2.05. The summed E-state index contributed by atoms with van der Waals surface area (Å²) in [5, 5.41) is 21.5. The minimum atomic E-state index is -2.17. The second-order valence-electron chi connectivity index (χ2n) is 2.19. The van der Waals surface area contributed by atoms with Crippen molar-refractivity contribution in [1.29, 1.82) is 0 Å². The van der Waals surface area contributed by atoms with Gasteiger partial charge in [-0.3, -0.25) is 0 Å². The van der Waals surface area contributed by atoms with Crippen LogP contribution in [0.5, 0.6) is 0 Å². The van der Waals surface area contributed by atoms with Crippen molar-refractivity contribution in [1.82, 2.24) is 0 Å². The van der Waals surface area contributed by atoms with Gasteiger partial charge in [0.25, 0.3) is 0 Å². The molecule has 0 aliphatic heterocycles. The van der Waals surface area contributed by atoms with Crippen LogP contribution in [-0.4, -0.2) is 32.6 Å². The summed E-state index contributed by atoms with van der Waals surface area (Å²) in [5.74, 6) is 0. The SMILES string of the molecule is OB(O)O.[SiH3]Cc1ccccc1. The van der Waals surface area contributed by atoms with Gasteiger partial charge in [0, 0.05) is 10.2 Å². The third-order valence-corrected chi connectivity index (χ3v) is 2.07. The van der Waals surface area contributed by atoms with Crippen molar-refractivity contribution in [3.05, 3.63) is 35.9 Å². The second-order valence-corrected chi connectivity index (χ2v) is 2.89. The quantitative estimate of drug-likeness (QED) is 0.465. The van der Waals surface area contributed by atoms with E-state index < -0.39 is 7.32 Å². The van der Waals surface area contributed by atoms with E-state index >= 15 is 0 Å². The van der Waals surface area contributed by atoms with E-state index in [0.717, 1.165) is 0 Å². The third kappa shape index (κ3) is 7.49. The van der Waals surface area contributed by atoms with Crippen molar-refractivity contribution in [3.63, 3.8) is 0 Å². The standard InChI is InChI=1S/C7H10Si.BH3O3/c8-6-7-4-2-1-3-5-7;2-1(3)4/h1-5H,6H2,8H3;2-4H. The molecule has 0 aromatic heterocycles. The van der Waals surface area contributed by atoms with Gasteiger partial charge in [0.2, 0.25) is 0 Å². The molecule has 0 aliphatic rings. The van der Waals surface area contributed by atoms with E-state index in [4.69, 9.17) is 15.1 Å². The average molecular weight is 184 g/mol. The van der Waals surface area contributed by atoms with E-state index in [1.807, 2.05) is 0 Å². The molecule has 0 amide bonds. The van der Waals surface area contributed by atoms with Gasteiger partial charge in [0.05, 0.1) is 0 Å². The van der Waals surface area contributed by atoms with Crippen molar-refractivity contribution < 1.29 is 15.1 Å². The Hall–Kier alpha value is -0.618. The molecule has 1 aromatic rings. The Bertz CT molecular complexity index is 190. The van der Waals surface area contributed by atoms with Gasteiger partial charge in [-0.25, -0.2) is 0 Å². The Kier molecular flexibility index (Phi) is 6.69. The molecule has 0 fully saturated rings. The molecule has 0 bridgehead atoms. The normalized spacial score (nSPS) is 8.58. The monoisotopic (exact) mass is 184 g/mol. The van der Waals surface area contributed by atoms with Crippen LogP contribution in [0, 0.1) is 0 Å². The van der Waals surface area contributed by atoms with Gasteiger partial charge < -0.3 is 15.1 Å². The molecule has 3 N–H and O–H groups in total. The van der Waals surface area contributed by atoms with Gasteiger partial charge in [-0.2, -0.15) is 0 Å². The number of hydrogen-bond acceptors (Lipinski definition) is 3. The summed E-state index contributed by atoms with van der Waals surface area (Å²) in [7, 11) is -0.890. The van der Waals surface area contributed by atoms with Crippen LogP contribution in [0.25, 0.3) is 0 Å². The molecule has 5 heteroatoms. The van der Waals surface area contributed by atoms with Gasteiger partial charge >= 0.3 is 7.32 Å². The Morgan fingerprint density at radius 2 is 1.50 bits per heavy atom. The van der Waals surface area contributed by atoms with Gasteiger partial charge in [-0.15, -0.1) is 0 Å². The highest BCUT2D eigenvalue weighted by Gasteiger charge is 1.92. The Labute approximate surface area is 75.3 Å². The smallest absolute Gasteiger partial charge is 0.402 e. The molecule has 0 spiro atoms. The molecular weight excluding hydrogens is 171 g/mol. The van der Waals surface area contributed by atoms with E-state index in [0.29, 0.717) is 0 Å². The van der Waals surface area contributed by atoms with Crippen molar-refractivity contribution in [2.45, 2.75) is 6.04 Å². The largest absolute Gasteiger partial charge is 0.631 e. The number of hydrogen-bond donors (Lipinski definition) is 3. The van der Waals surface area contributed by atoms with Crippen molar-refractivity contribution in [3.8, 4) is 0 Å². The summed E-state index contributed by atoms with van der Waals surface area (Å²) in [5.41, 5.74) is 1.47. The van der Waals surface area contributed by atoms with Crippen molar-refractivity contribution in [2.75, 3.05) is 0 Å². The second kappa shape index (κ2) is 7.05. The molecule has 12 heavy (non-hydrogen) atoms. The number of benzene rings is 1. The van der Waals surface area contributed by atoms with E-state index in [1.54, 1.807) is 0 Å². The van der Waals surface area contributed by atoms with Crippen molar-refractivity contribution in [2.24, 2.45) is 0 Å². The highest BCUT2D eigenvalue weighted by Crippen LogP contribution is 1.95. The molecule has 3 nitrogen and oxygen atoms in total. The summed E-state index contributed by atoms with van der Waals surface area (Å²) in [6.07, 6.45) is 0. The molecule has 0 atom stereocenters. The summed E-state index contributed by atoms with van der Waals surface area (Å²) in [6, 6.07) is 11.9. The van der Waals surface area contributed by atoms with E-state index in [1.165, 1.54) is 21.9 Å². The molecular formula is C7H13BO3Si. The minimum Gasteiger partial charge on any atom is -0.402 e. The predicted molar refractivity (Wildman–Crippen MR) is 52.5 cm³/mol. The molecule has 0 saturated carbocycles. The maximum Gasteiger partial charge on any atom is 0.631 e. The van der Waals surface area contributed by atoms with Crippen LogP contribution in [0.15, 0.2) is 30.3 Å². The maximum absolute atomic E-state index is 7.17. The Balaban J connectivity index is 0.000000261. The van der Waals surface area contributed by atoms with Gasteiger partial charge in [0.1, 0.15) is 0 Å². The molecule has 0 radical (unpaired) electrons. The lowest BCUT2D eigenvalue weighted by molar-refractivity contribution is 0.278. The van der Waals surface area contributed by atoms with E-state index in [-0.39, 0.29) is 0 Å².